The highest BCUT2D eigenvalue weighted by molar-refractivity contribution is 7.18. The van der Waals surface area contributed by atoms with Crippen LogP contribution in [0.25, 0.3) is 21.1 Å². The standard InChI is InChI=1S/C28H33ClFN3O5S/c1-7-12-35-19-10-8-17(9-11-19)24-31-32-25(39-24)20-13-22(30)23(14-21(20)29)36-15-18-16-37-28(5,6)33(18)26(34)38-27(2,3)4/h8-11,13-14,18H,7,12,15-16H2,1-6H3/t18-/m0/s1. The average Bonchev–Trinajstić information content (AvgIpc) is 3.46. The van der Waals surface area contributed by atoms with Gasteiger partial charge in [0.1, 0.15) is 33.7 Å². The second-order valence-electron chi connectivity index (χ2n) is 10.6. The van der Waals surface area contributed by atoms with Gasteiger partial charge in [-0.05, 0) is 71.4 Å². The minimum absolute atomic E-state index is 0.00378. The van der Waals surface area contributed by atoms with Crippen LogP contribution in [0.2, 0.25) is 5.02 Å². The number of nitrogens with zero attached hydrogens (tertiary/aromatic N) is 3. The second-order valence-corrected chi connectivity index (χ2v) is 12.0. The van der Waals surface area contributed by atoms with E-state index in [9.17, 15) is 4.79 Å². The summed E-state index contributed by atoms with van der Waals surface area (Å²) in [5.74, 6) is 0.142. The van der Waals surface area contributed by atoms with Crippen LogP contribution < -0.4 is 9.47 Å². The van der Waals surface area contributed by atoms with Gasteiger partial charge in [-0.3, -0.25) is 4.90 Å². The quantitative estimate of drug-likeness (QED) is 0.280. The van der Waals surface area contributed by atoms with E-state index in [4.69, 9.17) is 30.5 Å². The largest absolute Gasteiger partial charge is 0.494 e. The average molecular weight is 578 g/mol. The number of carbonyl (C=O) groups excluding carboxylic acids is 1. The third kappa shape index (κ3) is 6.98. The molecule has 0 saturated carbocycles. The number of ether oxygens (including phenoxy) is 4. The zero-order chi connectivity index (χ0) is 28.4. The Morgan fingerprint density at radius 3 is 2.54 bits per heavy atom. The molecule has 0 bridgehead atoms. The summed E-state index contributed by atoms with van der Waals surface area (Å²) in [7, 11) is 0. The lowest BCUT2D eigenvalue weighted by Gasteiger charge is -2.35. The van der Waals surface area contributed by atoms with Crippen LogP contribution in [0, 0.1) is 5.82 Å². The molecule has 1 fully saturated rings. The monoisotopic (exact) mass is 577 g/mol. The summed E-state index contributed by atoms with van der Waals surface area (Å²) in [6.07, 6.45) is 0.406. The Kier molecular flexibility index (Phi) is 8.68. The van der Waals surface area contributed by atoms with Crippen molar-refractivity contribution in [3.05, 3.63) is 47.2 Å². The maximum Gasteiger partial charge on any atom is 0.413 e. The summed E-state index contributed by atoms with van der Waals surface area (Å²) in [5, 5.41) is 9.90. The molecular formula is C28H33ClFN3O5S. The molecule has 1 saturated heterocycles. The fourth-order valence-corrected chi connectivity index (χ4v) is 5.22. The van der Waals surface area contributed by atoms with Crippen LogP contribution in [0.3, 0.4) is 0 Å². The Balaban J connectivity index is 1.46. The highest BCUT2D eigenvalue weighted by Gasteiger charge is 2.46. The molecule has 1 amide bonds. The van der Waals surface area contributed by atoms with Crippen LogP contribution in [0.1, 0.15) is 48.0 Å². The van der Waals surface area contributed by atoms with Crippen LogP contribution in [-0.2, 0) is 9.47 Å². The van der Waals surface area contributed by atoms with Gasteiger partial charge in [-0.25, -0.2) is 9.18 Å². The number of halogens is 2. The van der Waals surface area contributed by atoms with E-state index in [1.54, 1.807) is 34.6 Å². The molecule has 8 nitrogen and oxygen atoms in total. The van der Waals surface area contributed by atoms with Crippen LogP contribution >= 0.6 is 22.9 Å². The molecule has 1 aromatic heterocycles. The molecule has 1 aliphatic rings. The summed E-state index contributed by atoms with van der Waals surface area (Å²) in [4.78, 5) is 14.3. The molecule has 0 aliphatic carbocycles. The first-order valence-corrected chi connectivity index (χ1v) is 13.9. The van der Waals surface area contributed by atoms with Crippen molar-refractivity contribution < 1.29 is 28.1 Å². The van der Waals surface area contributed by atoms with Crippen molar-refractivity contribution in [1.29, 1.82) is 0 Å². The predicted molar refractivity (Wildman–Crippen MR) is 149 cm³/mol. The van der Waals surface area contributed by atoms with Crippen molar-refractivity contribution in [3.63, 3.8) is 0 Å². The van der Waals surface area contributed by atoms with Crippen molar-refractivity contribution >= 4 is 29.0 Å². The smallest absolute Gasteiger partial charge is 0.413 e. The Labute approximate surface area is 237 Å². The van der Waals surface area contributed by atoms with Gasteiger partial charge in [-0.15, -0.1) is 10.2 Å². The Morgan fingerprint density at radius 2 is 1.87 bits per heavy atom. The molecule has 1 aliphatic heterocycles. The molecule has 0 unspecified atom stereocenters. The van der Waals surface area contributed by atoms with Crippen molar-refractivity contribution in [3.8, 4) is 32.6 Å². The summed E-state index contributed by atoms with van der Waals surface area (Å²) >= 11 is 7.82. The van der Waals surface area contributed by atoms with E-state index in [-0.39, 0.29) is 24.0 Å². The van der Waals surface area contributed by atoms with Gasteiger partial charge in [-0.1, -0.05) is 29.9 Å². The van der Waals surface area contributed by atoms with Crippen LogP contribution in [-0.4, -0.2) is 58.4 Å². The second kappa shape index (κ2) is 11.7. The lowest BCUT2D eigenvalue weighted by Crippen LogP contribution is -2.51. The highest BCUT2D eigenvalue weighted by atomic mass is 35.5. The van der Waals surface area contributed by atoms with E-state index in [0.717, 1.165) is 17.7 Å². The van der Waals surface area contributed by atoms with Crippen LogP contribution in [0.15, 0.2) is 36.4 Å². The van der Waals surface area contributed by atoms with E-state index in [1.165, 1.54) is 28.4 Å². The molecule has 3 aromatic rings. The molecule has 0 spiro atoms. The normalized spacial score (nSPS) is 16.8. The van der Waals surface area contributed by atoms with Gasteiger partial charge in [-0.2, -0.15) is 0 Å². The maximum atomic E-state index is 15.1. The number of benzene rings is 2. The van der Waals surface area contributed by atoms with Crippen LogP contribution in [0.4, 0.5) is 9.18 Å². The summed E-state index contributed by atoms with van der Waals surface area (Å²) in [6.45, 7) is 11.8. The number of rotatable bonds is 8. The Morgan fingerprint density at radius 1 is 1.18 bits per heavy atom. The molecule has 4 rings (SSSR count). The number of hydrogen-bond donors (Lipinski definition) is 0. The van der Waals surface area contributed by atoms with Gasteiger partial charge in [0, 0.05) is 17.2 Å². The van der Waals surface area contributed by atoms with Gasteiger partial charge >= 0.3 is 6.09 Å². The Bertz CT molecular complexity index is 1310. The Hall–Kier alpha value is -2.95. The van der Waals surface area contributed by atoms with Crippen molar-refractivity contribution in [2.75, 3.05) is 19.8 Å². The number of aromatic nitrogens is 2. The summed E-state index contributed by atoms with van der Waals surface area (Å²) < 4.78 is 37.8. The summed E-state index contributed by atoms with van der Waals surface area (Å²) in [5.41, 5.74) is -0.285. The minimum Gasteiger partial charge on any atom is -0.494 e. The zero-order valence-corrected chi connectivity index (χ0v) is 24.5. The number of carbonyl (C=O) groups is 1. The molecule has 1 atom stereocenters. The molecule has 0 N–H and O–H groups in total. The molecular weight excluding hydrogens is 545 g/mol. The fraction of sp³-hybridized carbons (Fsp3) is 0.464. The lowest BCUT2D eigenvalue weighted by atomic mass is 10.2. The van der Waals surface area contributed by atoms with Gasteiger partial charge < -0.3 is 18.9 Å². The number of amides is 1. The molecule has 2 heterocycles. The van der Waals surface area contributed by atoms with E-state index in [0.29, 0.717) is 22.2 Å². The SMILES string of the molecule is CCCOc1ccc(-c2nnc(-c3cc(F)c(OC[C@H]4COC(C)(C)N4C(=O)OC(C)(C)C)cc3Cl)s2)cc1. The summed E-state index contributed by atoms with van der Waals surface area (Å²) in [6, 6.07) is 9.79. The molecule has 39 heavy (non-hydrogen) atoms. The third-order valence-corrected chi connectivity index (χ3v) is 7.17. The predicted octanol–water partition coefficient (Wildman–Crippen LogP) is 7.20. The zero-order valence-electron chi connectivity index (χ0n) is 22.9. The maximum absolute atomic E-state index is 15.1. The van der Waals surface area contributed by atoms with Crippen molar-refractivity contribution in [2.45, 2.75) is 65.3 Å². The van der Waals surface area contributed by atoms with Gasteiger partial charge in [0.05, 0.1) is 24.3 Å². The molecule has 210 valence electrons. The molecule has 2 aromatic carbocycles. The van der Waals surface area contributed by atoms with E-state index >= 15 is 4.39 Å². The lowest BCUT2D eigenvalue weighted by molar-refractivity contribution is -0.0637. The fourth-order valence-electron chi connectivity index (χ4n) is 4.04. The first-order chi connectivity index (χ1) is 18.4. The van der Waals surface area contributed by atoms with Gasteiger partial charge in [0.15, 0.2) is 11.6 Å². The molecule has 0 radical (unpaired) electrons. The van der Waals surface area contributed by atoms with Crippen LogP contribution in [0.5, 0.6) is 11.5 Å². The van der Waals surface area contributed by atoms with Gasteiger partial charge in [0.2, 0.25) is 0 Å². The minimum atomic E-state index is -0.894. The topological polar surface area (TPSA) is 83.0 Å². The molecule has 11 heteroatoms. The van der Waals surface area contributed by atoms with Crippen molar-refractivity contribution in [1.82, 2.24) is 15.1 Å². The van der Waals surface area contributed by atoms with E-state index in [1.807, 2.05) is 24.3 Å². The van der Waals surface area contributed by atoms with Crippen molar-refractivity contribution in [2.24, 2.45) is 0 Å². The highest BCUT2D eigenvalue weighted by Crippen LogP contribution is 2.38. The van der Waals surface area contributed by atoms with E-state index in [2.05, 4.69) is 17.1 Å². The van der Waals surface area contributed by atoms with Gasteiger partial charge in [0.25, 0.3) is 0 Å². The third-order valence-electron chi connectivity index (χ3n) is 5.85. The van der Waals surface area contributed by atoms with E-state index < -0.39 is 29.3 Å². The first-order valence-electron chi connectivity index (χ1n) is 12.7. The number of hydrogen-bond acceptors (Lipinski definition) is 8. The first kappa shape index (κ1) is 29.0.